The van der Waals surface area contributed by atoms with Crippen LogP contribution in [0.15, 0.2) is 42.5 Å². The normalized spacial score (nSPS) is 14.5. The van der Waals surface area contributed by atoms with Crippen molar-refractivity contribution in [1.82, 2.24) is 5.32 Å². The Balaban J connectivity index is 1.54. The molecule has 1 fully saturated rings. The average molecular weight is 364 g/mol. The summed E-state index contributed by atoms with van der Waals surface area (Å²) in [4.78, 5) is 25.4. The summed E-state index contributed by atoms with van der Waals surface area (Å²) in [6.07, 6.45) is 3.02. The molecule has 0 aromatic heterocycles. The SMILES string of the molecule is Cc1cc(C)c(NC(=O)C2(C(=O)NCCCc3ccccc3)CC2)c(C)c1. The highest BCUT2D eigenvalue weighted by Gasteiger charge is 2.56. The standard InChI is InChI=1S/C23H28N2O2/c1-16-14-17(2)20(18(3)15-16)25-22(27)23(11-12-23)21(26)24-13-7-10-19-8-5-4-6-9-19/h4-6,8-9,14-15H,7,10-13H2,1-3H3,(H,24,26)(H,25,27). The fourth-order valence-electron chi connectivity index (χ4n) is 3.60. The van der Waals surface area contributed by atoms with Crippen molar-refractivity contribution in [3.8, 4) is 0 Å². The van der Waals surface area contributed by atoms with Crippen molar-refractivity contribution in [2.24, 2.45) is 5.41 Å². The van der Waals surface area contributed by atoms with Crippen LogP contribution in [0.3, 0.4) is 0 Å². The Morgan fingerprint density at radius 1 is 0.963 bits per heavy atom. The van der Waals surface area contributed by atoms with Gasteiger partial charge in [0.15, 0.2) is 0 Å². The van der Waals surface area contributed by atoms with E-state index in [2.05, 4.69) is 22.8 Å². The molecule has 0 spiro atoms. The van der Waals surface area contributed by atoms with Gasteiger partial charge in [-0.3, -0.25) is 9.59 Å². The maximum atomic E-state index is 12.8. The second-order valence-electron chi connectivity index (χ2n) is 7.66. The van der Waals surface area contributed by atoms with Crippen LogP contribution in [0.25, 0.3) is 0 Å². The zero-order valence-corrected chi connectivity index (χ0v) is 16.4. The molecule has 0 aliphatic heterocycles. The third-order valence-corrected chi connectivity index (χ3v) is 5.31. The van der Waals surface area contributed by atoms with Crippen LogP contribution in [-0.4, -0.2) is 18.4 Å². The lowest BCUT2D eigenvalue weighted by Crippen LogP contribution is -2.40. The van der Waals surface area contributed by atoms with Crippen LogP contribution in [0.1, 0.15) is 41.5 Å². The van der Waals surface area contributed by atoms with Crippen LogP contribution >= 0.6 is 0 Å². The molecule has 4 nitrogen and oxygen atoms in total. The summed E-state index contributed by atoms with van der Waals surface area (Å²) in [6, 6.07) is 14.3. The monoisotopic (exact) mass is 364 g/mol. The molecule has 2 N–H and O–H groups in total. The molecule has 1 saturated carbocycles. The molecule has 1 aliphatic carbocycles. The predicted molar refractivity (Wildman–Crippen MR) is 109 cm³/mol. The summed E-state index contributed by atoms with van der Waals surface area (Å²) in [5, 5.41) is 5.97. The molecule has 0 atom stereocenters. The Morgan fingerprint density at radius 2 is 1.59 bits per heavy atom. The Morgan fingerprint density at radius 3 is 2.19 bits per heavy atom. The summed E-state index contributed by atoms with van der Waals surface area (Å²) in [6.45, 7) is 6.60. The highest BCUT2D eigenvalue weighted by atomic mass is 16.2. The van der Waals surface area contributed by atoms with Crippen molar-refractivity contribution in [3.05, 3.63) is 64.7 Å². The molecule has 2 aromatic rings. The van der Waals surface area contributed by atoms with Crippen LogP contribution in [0.4, 0.5) is 5.69 Å². The van der Waals surface area contributed by atoms with Crippen LogP contribution in [0, 0.1) is 26.2 Å². The first-order chi connectivity index (χ1) is 12.9. The molecular weight excluding hydrogens is 336 g/mol. The van der Waals surface area contributed by atoms with Crippen molar-refractivity contribution in [2.75, 3.05) is 11.9 Å². The van der Waals surface area contributed by atoms with Crippen molar-refractivity contribution >= 4 is 17.5 Å². The number of benzene rings is 2. The molecule has 0 heterocycles. The molecule has 3 rings (SSSR count). The van der Waals surface area contributed by atoms with E-state index in [9.17, 15) is 9.59 Å². The predicted octanol–water partition coefficient (Wildman–Crippen LogP) is 4.08. The average Bonchev–Trinajstić information content (AvgIpc) is 3.44. The summed E-state index contributed by atoms with van der Waals surface area (Å²) in [5.41, 5.74) is 4.42. The van der Waals surface area contributed by atoms with E-state index >= 15 is 0 Å². The Hall–Kier alpha value is -2.62. The quantitative estimate of drug-likeness (QED) is 0.574. The third-order valence-electron chi connectivity index (χ3n) is 5.31. The Bertz CT molecular complexity index is 816. The number of aryl methyl sites for hydroxylation is 4. The van der Waals surface area contributed by atoms with E-state index in [4.69, 9.17) is 0 Å². The van der Waals surface area contributed by atoms with E-state index in [1.54, 1.807) is 0 Å². The highest BCUT2D eigenvalue weighted by Crippen LogP contribution is 2.47. The lowest BCUT2D eigenvalue weighted by molar-refractivity contribution is -0.134. The molecule has 27 heavy (non-hydrogen) atoms. The number of carbonyl (C=O) groups excluding carboxylic acids is 2. The van der Waals surface area contributed by atoms with Crippen molar-refractivity contribution < 1.29 is 9.59 Å². The topological polar surface area (TPSA) is 58.2 Å². The zero-order valence-electron chi connectivity index (χ0n) is 16.4. The van der Waals surface area contributed by atoms with Gasteiger partial charge in [-0.15, -0.1) is 0 Å². The fourth-order valence-corrected chi connectivity index (χ4v) is 3.60. The number of hydrogen-bond acceptors (Lipinski definition) is 2. The number of carbonyl (C=O) groups is 2. The van der Waals surface area contributed by atoms with Gasteiger partial charge in [-0.05, 0) is 63.1 Å². The van der Waals surface area contributed by atoms with Crippen molar-refractivity contribution in [2.45, 2.75) is 46.5 Å². The minimum atomic E-state index is -0.892. The maximum Gasteiger partial charge on any atom is 0.240 e. The van der Waals surface area contributed by atoms with Gasteiger partial charge in [0.2, 0.25) is 11.8 Å². The van der Waals surface area contributed by atoms with Crippen LogP contribution in [-0.2, 0) is 16.0 Å². The summed E-state index contributed by atoms with van der Waals surface area (Å²) in [7, 11) is 0. The van der Waals surface area contributed by atoms with Crippen molar-refractivity contribution in [3.63, 3.8) is 0 Å². The fraction of sp³-hybridized carbons (Fsp3) is 0.391. The van der Waals surface area contributed by atoms with Gasteiger partial charge < -0.3 is 10.6 Å². The highest BCUT2D eigenvalue weighted by molar-refractivity contribution is 6.13. The maximum absolute atomic E-state index is 12.8. The molecule has 0 bridgehead atoms. The lowest BCUT2D eigenvalue weighted by atomic mass is 10.0. The molecule has 4 heteroatoms. The minimum absolute atomic E-state index is 0.143. The second kappa shape index (κ2) is 7.95. The van der Waals surface area contributed by atoms with E-state index in [0.29, 0.717) is 19.4 Å². The molecule has 0 saturated heterocycles. The van der Waals surface area contributed by atoms with E-state index in [-0.39, 0.29) is 11.8 Å². The summed E-state index contributed by atoms with van der Waals surface area (Å²) < 4.78 is 0. The number of anilines is 1. The third kappa shape index (κ3) is 4.38. The van der Waals surface area contributed by atoms with Gasteiger partial charge >= 0.3 is 0 Å². The number of rotatable bonds is 7. The largest absolute Gasteiger partial charge is 0.355 e. The lowest BCUT2D eigenvalue weighted by Gasteiger charge is -2.18. The molecule has 142 valence electrons. The van der Waals surface area contributed by atoms with E-state index in [1.165, 1.54) is 11.1 Å². The minimum Gasteiger partial charge on any atom is -0.355 e. The summed E-state index contributed by atoms with van der Waals surface area (Å²) >= 11 is 0. The van der Waals surface area contributed by atoms with Gasteiger partial charge in [-0.2, -0.15) is 0 Å². The Kier molecular flexibility index (Phi) is 5.64. The van der Waals surface area contributed by atoms with Gasteiger partial charge in [0.05, 0.1) is 0 Å². The molecule has 0 unspecified atom stereocenters. The first-order valence-corrected chi connectivity index (χ1v) is 9.64. The van der Waals surface area contributed by atoms with E-state index in [1.807, 2.05) is 51.1 Å². The van der Waals surface area contributed by atoms with Crippen LogP contribution < -0.4 is 10.6 Å². The first kappa shape index (κ1) is 19.2. The van der Waals surface area contributed by atoms with Gasteiger partial charge in [-0.1, -0.05) is 48.0 Å². The van der Waals surface area contributed by atoms with Gasteiger partial charge in [0, 0.05) is 12.2 Å². The van der Waals surface area contributed by atoms with E-state index < -0.39 is 5.41 Å². The molecular formula is C23H28N2O2. The molecule has 1 aliphatic rings. The Labute approximate surface area is 161 Å². The van der Waals surface area contributed by atoms with Gasteiger partial charge in [-0.25, -0.2) is 0 Å². The van der Waals surface area contributed by atoms with Gasteiger partial charge in [0.1, 0.15) is 5.41 Å². The summed E-state index contributed by atoms with van der Waals surface area (Å²) in [5.74, 6) is -0.325. The van der Waals surface area contributed by atoms with Crippen LogP contribution in [0.5, 0.6) is 0 Å². The second-order valence-corrected chi connectivity index (χ2v) is 7.66. The number of amides is 2. The molecule has 2 aromatic carbocycles. The molecule has 0 radical (unpaired) electrons. The van der Waals surface area contributed by atoms with Crippen molar-refractivity contribution in [1.29, 1.82) is 0 Å². The molecule has 2 amide bonds. The smallest absolute Gasteiger partial charge is 0.240 e. The van der Waals surface area contributed by atoms with Gasteiger partial charge in [0.25, 0.3) is 0 Å². The first-order valence-electron chi connectivity index (χ1n) is 9.64. The number of hydrogen-bond donors (Lipinski definition) is 2. The number of nitrogens with one attached hydrogen (secondary N) is 2. The van der Waals surface area contributed by atoms with Crippen LogP contribution in [0.2, 0.25) is 0 Å². The van der Waals surface area contributed by atoms with E-state index in [0.717, 1.165) is 29.7 Å². The zero-order chi connectivity index (χ0) is 19.4.